The first kappa shape index (κ1) is 20.6. The third-order valence-corrected chi connectivity index (χ3v) is 9.10. The number of hydrogen-bond donors (Lipinski definition) is 1. The molecule has 4 rings (SSSR count). The number of thiophene rings is 2. The lowest BCUT2D eigenvalue weighted by molar-refractivity contribution is 0.0716. The molecule has 1 fully saturated rings. The fourth-order valence-corrected chi connectivity index (χ4v) is 6.69. The fourth-order valence-electron chi connectivity index (χ4n) is 3.27. The van der Waals surface area contributed by atoms with E-state index in [2.05, 4.69) is 4.72 Å². The van der Waals surface area contributed by atoms with Crippen LogP contribution < -0.4 is 4.72 Å². The van der Waals surface area contributed by atoms with Gasteiger partial charge < -0.3 is 4.90 Å². The van der Waals surface area contributed by atoms with Crippen molar-refractivity contribution >= 4 is 50.2 Å². The van der Waals surface area contributed by atoms with E-state index in [0.29, 0.717) is 40.0 Å². The molecule has 1 amide bonds. The van der Waals surface area contributed by atoms with Crippen LogP contribution in [-0.4, -0.2) is 38.4 Å². The van der Waals surface area contributed by atoms with Gasteiger partial charge in [-0.2, -0.15) is 0 Å². The highest BCUT2D eigenvalue weighted by Gasteiger charge is 2.28. The maximum atomic E-state index is 12.9. The summed E-state index contributed by atoms with van der Waals surface area (Å²) in [5, 5.41) is 2.42. The molecular formula is C20H19ClN2O3S3. The van der Waals surface area contributed by atoms with E-state index in [0.717, 1.165) is 10.4 Å². The third kappa shape index (κ3) is 4.73. The number of carbonyl (C=O) groups excluding carboxylic acids is 1. The van der Waals surface area contributed by atoms with Gasteiger partial charge in [0.05, 0.1) is 4.88 Å². The van der Waals surface area contributed by atoms with Crippen LogP contribution in [0.1, 0.15) is 22.5 Å². The summed E-state index contributed by atoms with van der Waals surface area (Å²) in [5.74, 6) is -0.00484. The van der Waals surface area contributed by atoms with Gasteiger partial charge in [0, 0.05) is 29.0 Å². The normalized spacial score (nSPS) is 15.6. The maximum absolute atomic E-state index is 12.9. The number of carbonyl (C=O) groups is 1. The number of piperidine rings is 1. The van der Waals surface area contributed by atoms with Crippen LogP contribution in [0.25, 0.3) is 10.4 Å². The van der Waals surface area contributed by atoms with Crippen molar-refractivity contribution in [2.24, 2.45) is 0 Å². The van der Waals surface area contributed by atoms with Crippen molar-refractivity contribution in [3.05, 3.63) is 63.8 Å². The highest BCUT2D eigenvalue weighted by Crippen LogP contribution is 2.30. The Hall–Kier alpha value is -1.71. The molecule has 0 atom stereocenters. The molecule has 2 aromatic heterocycles. The van der Waals surface area contributed by atoms with Crippen molar-refractivity contribution in [3.63, 3.8) is 0 Å². The highest BCUT2D eigenvalue weighted by atomic mass is 35.5. The summed E-state index contributed by atoms with van der Waals surface area (Å²) in [6, 6.07) is 14.5. The Labute approximate surface area is 183 Å². The van der Waals surface area contributed by atoms with Gasteiger partial charge in [-0.25, -0.2) is 13.1 Å². The van der Waals surface area contributed by atoms with Crippen molar-refractivity contribution in [1.29, 1.82) is 0 Å². The Bertz CT molecular complexity index is 1080. The Morgan fingerprint density at radius 2 is 1.79 bits per heavy atom. The largest absolute Gasteiger partial charge is 0.338 e. The average Bonchev–Trinajstić information content (AvgIpc) is 3.41. The maximum Gasteiger partial charge on any atom is 0.263 e. The van der Waals surface area contributed by atoms with E-state index >= 15 is 0 Å². The van der Waals surface area contributed by atoms with Crippen LogP contribution in [0, 0.1) is 0 Å². The summed E-state index contributed by atoms with van der Waals surface area (Å²) in [5.41, 5.74) is 1.03. The Morgan fingerprint density at radius 1 is 1.07 bits per heavy atom. The third-order valence-electron chi connectivity index (χ3n) is 4.81. The molecule has 1 N–H and O–H groups in total. The molecule has 5 nitrogen and oxygen atoms in total. The van der Waals surface area contributed by atoms with E-state index in [9.17, 15) is 13.2 Å². The minimum absolute atomic E-state index is 0.00484. The molecule has 1 aliphatic rings. The van der Waals surface area contributed by atoms with Crippen LogP contribution in [0.4, 0.5) is 0 Å². The van der Waals surface area contributed by atoms with Crippen LogP contribution in [0.2, 0.25) is 5.02 Å². The van der Waals surface area contributed by atoms with Gasteiger partial charge in [-0.1, -0.05) is 29.8 Å². The number of nitrogens with zero attached hydrogens (tertiary/aromatic N) is 1. The topological polar surface area (TPSA) is 66.5 Å². The predicted octanol–water partition coefficient (Wildman–Crippen LogP) is 4.71. The molecule has 1 aliphatic heterocycles. The van der Waals surface area contributed by atoms with Gasteiger partial charge in [-0.05, 0) is 54.1 Å². The summed E-state index contributed by atoms with van der Waals surface area (Å²) in [7, 11) is -3.48. The molecular weight excluding hydrogens is 448 g/mol. The second-order valence-corrected chi connectivity index (χ2v) is 11.2. The zero-order valence-electron chi connectivity index (χ0n) is 15.4. The summed E-state index contributed by atoms with van der Waals surface area (Å²) in [6.45, 7) is 1.06. The van der Waals surface area contributed by atoms with Crippen LogP contribution in [0.5, 0.6) is 0 Å². The standard InChI is InChI=1S/C20H19ClN2O3S3/c21-15-5-3-14(4-6-15)17-7-8-18(28-17)20(24)23-11-9-16(10-12-23)22-29(25,26)19-2-1-13-27-19/h1-8,13,16,22H,9-12H2. The Balaban J connectivity index is 1.36. The molecule has 0 aliphatic carbocycles. The molecule has 3 aromatic rings. The molecule has 1 saturated heterocycles. The number of hydrogen-bond acceptors (Lipinski definition) is 5. The summed E-state index contributed by atoms with van der Waals surface area (Å²) < 4.78 is 27.8. The number of benzene rings is 1. The quantitative estimate of drug-likeness (QED) is 0.592. The number of halogens is 1. The monoisotopic (exact) mass is 466 g/mol. The lowest BCUT2D eigenvalue weighted by Crippen LogP contribution is -2.46. The summed E-state index contributed by atoms with van der Waals surface area (Å²) in [6.07, 6.45) is 1.21. The summed E-state index contributed by atoms with van der Waals surface area (Å²) >= 11 is 8.60. The van der Waals surface area contributed by atoms with Crippen LogP contribution >= 0.6 is 34.3 Å². The van der Waals surface area contributed by atoms with Crippen molar-refractivity contribution < 1.29 is 13.2 Å². The molecule has 0 unspecified atom stereocenters. The molecule has 152 valence electrons. The summed E-state index contributed by atoms with van der Waals surface area (Å²) in [4.78, 5) is 16.4. The van der Waals surface area contributed by atoms with Crippen molar-refractivity contribution in [2.75, 3.05) is 13.1 Å². The SMILES string of the molecule is O=C(c1ccc(-c2ccc(Cl)cc2)s1)N1CCC(NS(=O)(=O)c2cccs2)CC1. The highest BCUT2D eigenvalue weighted by molar-refractivity contribution is 7.91. The minimum atomic E-state index is -3.48. The van der Waals surface area contributed by atoms with E-state index in [-0.39, 0.29) is 11.9 Å². The van der Waals surface area contributed by atoms with Gasteiger partial charge >= 0.3 is 0 Å². The van der Waals surface area contributed by atoms with Gasteiger partial charge in [0.15, 0.2) is 0 Å². The first-order chi connectivity index (χ1) is 13.9. The van der Waals surface area contributed by atoms with Gasteiger partial charge in [-0.3, -0.25) is 4.79 Å². The molecule has 29 heavy (non-hydrogen) atoms. The molecule has 1 aromatic carbocycles. The van der Waals surface area contributed by atoms with Gasteiger partial charge in [0.1, 0.15) is 4.21 Å². The molecule has 0 radical (unpaired) electrons. The Kier molecular flexibility index (Phi) is 6.08. The first-order valence-corrected chi connectivity index (χ1v) is 12.7. The van der Waals surface area contributed by atoms with E-state index in [1.807, 2.05) is 36.4 Å². The van der Waals surface area contributed by atoms with Crippen LogP contribution in [-0.2, 0) is 10.0 Å². The fraction of sp³-hybridized carbons (Fsp3) is 0.250. The van der Waals surface area contributed by atoms with E-state index in [1.165, 1.54) is 22.7 Å². The average molecular weight is 467 g/mol. The number of sulfonamides is 1. The minimum Gasteiger partial charge on any atom is -0.338 e. The van der Waals surface area contributed by atoms with Crippen LogP contribution in [0.15, 0.2) is 58.1 Å². The van der Waals surface area contributed by atoms with E-state index in [4.69, 9.17) is 11.6 Å². The van der Waals surface area contributed by atoms with Crippen molar-refractivity contribution in [3.8, 4) is 10.4 Å². The number of rotatable bonds is 5. The van der Waals surface area contributed by atoms with E-state index < -0.39 is 10.0 Å². The second-order valence-electron chi connectivity index (χ2n) is 6.79. The second kappa shape index (κ2) is 8.57. The Morgan fingerprint density at radius 3 is 2.45 bits per heavy atom. The van der Waals surface area contributed by atoms with Gasteiger partial charge in [0.2, 0.25) is 10.0 Å². The zero-order chi connectivity index (χ0) is 20.4. The van der Waals surface area contributed by atoms with Gasteiger partial charge in [0.25, 0.3) is 5.91 Å². The molecule has 3 heterocycles. The predicted molar refractivity (Wildman–Crippen MR) is 118 cm³/mol. The lowest BCUT2D eigenvalue weighted by Gasteiger charge is -2.31. The van der Waals surface area contributed by atoms with Crippen molar-refractivity contribution in [2.45, 2.75) is 23.1 Å². The van der Waals surface area contributed by atoms with Gasteiger partial charge in [-0.15, -0.1) is 22.7 Å². The lowest BCUT2D eigenvalue weighted by atomic mass is 10.1. The first-order valence-electron chi connectivity index (χ1n) is 9.13. The zero-order valence-corrected chi connectivity index (χ0v) is 18.6. The number of nitrogens with one attached hydrogen (secondary N) is 1. The molecule has 0 bridgehead atoms. The number of likely N-dealkylation sites (tertiary alicyclic amines) is 1. The molecule has 0 saturated carbocycles. The number of amides is 1. The van der Waals surface area contributed by atoms with Crippen LogP contribution in [0.3, 0.4) is 0 Å². The van der Waals surface area contributed by atoms with E-state index in [1.54, 1.807) is 22.4 Å². The smallest absolute Gasteiger partial charge is 0.263 e. The molecule has 9 heteroatoms. The van der Waals surface area contributed by atoms with Crippen molar-refractivity contribution in [1.82, 2.24) is 9.62 Å². The molecule has 0 spiro atoms.